The minimum Gasteiger partial charge on any atom is -0.258 e. The molecule has 0 saturated heterocycles. The summed E-state index contributed by atoms with van der Waals surface area (Å²) < 4.78 is 24.4. The summed E-state index contributed by atoms with van der Waals surface area (Å²) in [5.74, 6) is -2.30. The number of nitro benzene ring substituents is 1. The Hall–Kier alpha value is -1.52. The number of halogens is 2. The second-order valence-electron chi connectivity index (χ2n) is 1.86. The highest BCUT2D eigenvalue weighted by Crippen LogP contribution is 2.14. The average molecular weight is 219 g/mol. The highest BCUT2D eigenvalue weighted by atomic mass is 19.2. The minimum atomic E-state index is -1.21. The Morgan fingerprint density at radius 1 is 1.07 bits per heavy atom. The molecule has 86 valence electrons. The van der Waals surface area contributed by atoms with Gasteiger partial charge in [0.2, 0.25) is 0 Å². The Morgan fingerprint density at radius 2 is 1.53 bits per heavy atom. The van der Waals surface area contributed by atoms with Crippen LogP contribution in [0, 0.1) is 21.7 Å². The zero-order valence-corrected chi connectivity index (χ0v) is 9.25. The van der Waals surface area contributed by atoms with Gasteiger partial charge in [-0.25, -0.2) is 8.78 Å². The maximum atomic E-state index is 12.3. The Morgan fingerprint density at radius 3 is 1.87 bits per heavy atom. The van der Waals surface area contributed by atoms with E-state index in [-0.39, 0.29) is 0 Å². The van der Waals surface area contributed by atoms with Crippen molar-refractivity contribution in [1.29, 1.82) is 0 Å². The fourth-order valence-corrected chi connectivity index (χ4v) is 0.599. The second-order valence-corrected chi connectivity index (χ2v) is 1.86. The van der Waals surface area contributed by atoms with Gasteiger partial charge in [-0.3, -0.25) is 10.1 Å². The first-order valence-electron chi connectivity index (χ1n) is 4.70. The molecular formula is C10H15F2NO2. The molecule has 0 heterocycles. The summed E-state index contributed by atoms with van der Waals surface area (Å²) in [7, 11) is 0. The number of rotatable bonds is 1. The van der Waals surface area contributed by atoms with Crippen molar-refractivity contribution in [3.63, 3.8) is 0 Å². The van der Waals surface area contributed by atoms with Crippen molar-refractivity contribution < 1.29 is 13.7 Å². The van der Waals surface area contributed by atoms with Crippen LogP contribution in [0.5, 0.6) is 0 Å². The van der Waals surface area contributed by atoms with Gasteiger partial charge in [0.05, 0.1) is 11.0 Å². The molecule has 0 atom stereocenters. The number of nitro groups is 1. The largest absolute Gasteiger partial charge is 0.272 e. The molecule has 3 nitrogen and oxygen atoms in total. The van der Waals surface area contributed by atoms with Crippen LogP contribution in [0.4, 0.5) is 14.5 Å². The van der Waals surface area contributed by atoms with Crippen molar-refractivity contribution in [2.75, 3.05) is 0 Å². The van der Waals surface area contributed by atoms with Gasteiger partial charge in [0.25, 0.3) is 5.69 Å². The van der Waals surface area contributed by atoms with Crippen molar-refractivity contribution in [3.8, 4) is 0 Å². The Kier molecular flexibility index (Phi) is 9.61. The van der Waals surface area contributed by atoms with Gasteiger partial charge >= 0.3 is 0 Å². The number of hydrogen-bond acceptors (Lipinski definition) is 2. The number of hydrogen-bond donors (Lipinski definition) is 0. The van der Waals surface area contributed by atoms with Crippen molar-refractivity contribution in [3.05, 3.63) is 39.9 Å². The second kappa shape index (κ2) is 9.05. The van der Waals surface area contributed by atoms with Gasteiger partial charge < -0.3 is 0 Å². The summed E-state index contributed by atoms with van der Waals surface area (Å²) in [5.41, 5.74) is -0.455. The first-order valence-corrected chi connectivity index (χ1v) is 4.70. The van der Waals surface area contributed by atoms with Gasteiger partial charge in [-0.2, -0.15) is 0 Å². The fraction of sp³-hybridized carbons (Fsp3) is 0.400. The fourth-order valence-electron chi connectivity index (χ4n) is 0.599. The molecule has 0 radical (unpaired) electrons. The highest BCUT2D eigenvalue weighted by Gasteiger charge is 2.09. The van der Waals surface area contributed by atoms with E-state index in [2.05, 4.69) is 0 Å². The molecule has 5 heteroatoms. The summed E-state index contributed by atoms with van der Waals surface area (Å²) in [5, 5.41) is 9.98. The Labute approximate surface area is 87.9 Å². The molecule has 0 aliphatic carbocycles. The lowest BCUT2D eigenvalue weighted by molar-refractivity contribution is -0.385. The minimum absolute atomic E-state index is 0.455. The van der Waals surface area contributed by atoms with E-state index >= 15 is 0 Å². The summed E-state index contributed by atoms with van der Waals surface area (Å²) in [6, 6.07) is 2.15. The predicted molar refractivity (Wildman–Crippen MR) is 55.7 cm³/mol. The molecule has 1 aromatic rings. The molecule has 0 amide bonds. The molecule has 0 fully saturated rings. The van der Waals surface area contributed by atoms with Gasteiger partial charge in [-0.1, -0.05) is 27.7 Å². The van der Waals surface area contributed by atoms with Crippen LogP contribution < -0.4 is 0 Å². The predicted octanol–water partition coefficient (Wildman–Crippen LogP) is 3.93. The van der Waals surface area contributed by atoms with E-state index in [4.69, 9.17) is 0 Å². The van der Waals surface area contributed by atoms with Crippen molar-refractivity contribution in [2.24, 2.45) is 0 Å². The van der Waals surface area contributed by atoms with Crippen LogP contribution >= 0.6 is 0 Å². The Balaban J connectivity index is 0. The molecule has 0 N–H and O–H groups in total. The summed E-state index contributed by atoms with van der Waals surface area (Å²) in [6.07, 6.45) is 0. The molecule has 0 unspecified atom stereocenters. The number of non-ortho nitro benzene ring substituents is 1. The van der Waals surface area contributed by atoms with E-state index in [1.54, 1.807) is 0 Å². The normalized spacial score (nSPS) is 7.87. The smallest absolute Gasteiger partial charge is 0.258 e. The lowest BCUT2D eigenvalue weighted by Crippen LogP contribution is -1.90. The topological polar surface area (TPSA) is 43.1 Å². The van der Waals surface area contributed by atoms with Crippen molar-refractivity contribution in [1.82, 2.24) is 0 Å². The van der Waals surface area contributed by atoms with Crippen LogP contribution in [-0.2, 0) is 0 Å². The van der Waals surface area contributed by atoms with E-state index in [0.717, 1.165) is 6.07 Å². The van der Waals surface area contributed by atoms with E-state index in [9.17, 15) is 18.9 Å². The zero-order chi connectivity index (χ0) is 12.4. The van der Waals surface area contributed by atoms with E-state index < -0.39 is 22.2 Å². The summed E-state index contributed by atoms with van der Waals surface area (Å²) in [6.45, 7) is 8.00. The highest BCUT2D eigenvalue weighted by molar-refractivity contribution is 5.30. The third-order valence-corrected chi connectivity index (χ3v) is 1.11. The SMILES string of the molecule is CC.CC.O=[N+]([O-])c1ccc(F)c(F)c1. The maximum Gasteiger partial charge on any atom is 0.272 e. The summed E-state index contributed by atoms with van der Waals surface area (Å²) in [4.78, 5) is 9.19. The third kappa shape index (κ3) is 5.72. The average Bonchev–Trinajstić information content (AvgIpc) is 2.27. The molecule has 0 spiro atoms. The van der Waals surface area contributed by atoms with Crippen molar-refractivity contribution >= 4 is 5.69 Å². The lowest BCUT2D eigenvalue weighted by Gasteiger charge is -1.91. The molecule has 0 aromatic heterocycles. The molecule has 0 saturated carbocycles. The van der Waals surface area contributed by atoms with E-state index in [0.29, 0.717) is 12.1 Å². The third-order valence-electron chi connectivity index (χ3n) is 1.11. The quantitative estimate of drug-likeness (QED) is 0.530. The lowest BCUT2D eigenvalue weighted by atomic mass is 10.3. The van der Waals surface area contributed by atoms with Crippen LogP contribution in [0.2, 0.25) is 0 Å². The first-order chi connectivity index (χ1) is 7.11. The molecule has 0 bridgehead atoms. The number of nitrogens with zero attached hydrogens (tertiary/aromatic N) is 1. The van der Waals surface area contributed by atoms with Crippen LogP contribution in [0.1, 0.15) is 27.7 Å². The standard InChI is InChI=1S/C6H3F2NO2.2C2H6/c7-5-2-1-4(9(10)11)3-6(5)8;2*1-2/h1-3H;2*1-2H3. The first kappa shape index (κ1) is 15.9. The maximum absolute atomic E-state index is 12.3. The van der Waals surface area contributed by atoms with Crippen molar-refractivity contribution in [2.45, 2.75) is 27.7 Å². The van der Waals surface area contributed by atoms with E-state index in [1.165, 1.54) is 0 Å². The van der Waals surface area contributed by atoms with Crippen LogP contribution in [-0.4, -0.2) is 4.92 Å². The van der Waals surface area contributed by atoms with E-state index in [1.807, 2.05) is 27.7 Å². The molecule has 1 aromatic carbocycles. The van der Waals surface area contributed by atoms with Gasteiger partial charge in [0.15, 0.2) is 11.6 Å². The zero-order valence-electron chi connectivity index (χ0n) is 9.25. The van der Waals surface area contributed by atoms with Crippen LogP contribution in [0.15, 0.2) is 18.2 Å². The van der Waals surface area contributed by atoms with Gasteiger partial charge in [0, 0.05) is 6.07 Å². The molecule has 15 heavy (non-hydrogen) atoms. The molecular weight excluding hydrogens is 204 g/mol. The van der Waals surface area contributed by atoms with Crippen LogP contribution in [0.3, 0.4) is 0 Å². The van der Waals surface area contributed by atoms with Crippen LogP contribution in [0.25, 0.3) is 0 Å². The molecule has 0 aliphatic rings. The van der Waals surface area contributed by atoms with Gasteiger partial charge in [-0.05, 0) is 6.07 Å². The monoisotopic (exact) mass is 219 g/mol. The molecule has 1 rings (SSSR count). The Bertz CT molecular complexity index is 303. The molecule has 0 aliphatic heterocycles. The van der Waals surface area contributed by atoms with Gasteiger partial charge in [0.1, 0.15) is 0 Å². The number of benzene rings is 1. The summed E-state index contributed by atoms with van der Waals surface area (Å²) >= 11 is 0. The van der Waals surface area contributed by atoms with Gasteiger partial charge in [-0.15, -0.1) is 0 Å².